The molecule has 122 valence electrons. The number of nitrogens with zero attached hydrogens (tertiary/aromatic N) is 3. The molecule has 3 aromatic rings. The van der Waals surface area contributed by atoms with Gasteiger partial charge in [0.15, 0.2) is 0 Å². The highest BCUT2D eigenvalue weighted by Gasteiger charge is 2.12. The van der Waals surface area contributed by atoms with Gasteiger partial charge in [-0.1, -0.05) is 30.3 Å². The SMILES string of the molecule is N#C/C(=C/Nc1ccccc1)c1nc(-c2cccc([N+](=O)[O-])c2)cs1. The second kappa shape index (κ2) is 7.38. The number of nitro groups is 1. The quantitative estimate of drug-likeness (QED) is 0.410. The molecule has 0 saturated heterocycles. The van der Waals surface area contributed by atoms with E-state index in [2.05, 4.69) is 16.4 Å². The van der Waals surface area contributed by atoms with Crippen LogP contribution in [0, 0.1) is 21.4 Å². The van der Waals surface area contributed by atoms with Crippen molar-refractivity contribution in [1.29, 1.82) is 5.26 Å². The summed E-state index contributed by atoms with van der Waals surface area (Å²) < 4.78 is 0. The number of aromatic nitrogens is 1. The molecule has 1 aromatic heterocycles. The molecule has 0 atom stereocenters. The first-order valence-electron chi connectivity index (χ1n) is 7.30. The highest BCUT2D eigenvalue weighted by Crippen LogP contribution is 2.28. The summed E-state index contributed by atoms with van der Waals surface area (Å²) in [7, 11) is 0. The molecule has 7 heteroatoms. The van der Waals surface area contributed by atoms with Gasteiger partial charge in [-0.05, 0) is 12.1 Å². The molecule has 25 heavy (non-hydrogen) atoms. The van der Waals surface area contributed by atoms with Gasteiger partial charge >= 0.3 is 0 Å². The number of rotatable bonds is 5. The van der Waals surface area contributed by atoms with E-state index in [1.807, 2.05) is 30.3 Å². The van der Waals surface area contributed by atoms with Gasteiger partial charge in [0.05, 0.1) is 10.6 Å². The van der Waals surface area contributed by atoms with Crippen LogP contribution in [0.2, 0.25) is 0 Å². The van der Waals surface area contributed by atoms with Crippen LogP contribution in [0.25, 0.3) is 16.8 Å². The van der Waals surface area contributed by atoms with Crippen molar-refractivity contribution in [2.24, 2.45) is 0 Å². The molecule has 0 aliphatic heterocycles. The Kier molecular flexibility index (Phi) is 4.83. The number of para-hydroxylation sites is 1. The first-order valence-corrected chi connectivity index (χ1v) is 8.18. The Morgan fingerprint density at radius 1 is 1.24 bits per heavy atom. The first kappa shape index (κ1) is 16.4. The zero-order chi connectivity index (χ0) is 17.6. The van der Waals surface area contributed by atoms with Crippen LogP contribution in [-0.2, 0) is 0 Å². The lowest BCUT2D eigenvalue weighted by Gasteiger charge is -2.00. The van der Waals surface area contributed by atoms with Gasteiger partial charge in [-0.25, -0.2) is 4.98 Å². The van der Waals surface area contributed by atoms with Crippen molar-refractivity contribution >= 4 is 28.3 Å². The minimum absolute atomic E-state index is 0.00819. The zero-order valence-corrected chi connectivity index (χ0v) is 13.7. The van der Waals surface area contributed by atoms with Crippen molar-refractivity contribution in [3.05, 3.63) is 81.3 Å². The number of anilines is 1. The number of allylic oxidation sites excluding steroid dienone is 1. The van der Waals surface area contributed by atoms with E-state index in [1.165, 1.54) is 23.5 Å². The van der Waals surface area contributed by atoms with Crippen molar-refractivity contribution < 1.29 is 4.92 Å². The molecule has 6 nitrogen and oxygen atoms in total. The average Bonchev–Trinajstić information content (AvgIpc) is 3.13. The monoisotopic (exact) mass is 348 g/mol. The molecule has 0 fully saturated rings. The first-order chi connectivity index (χ1) is 12.2. The smallest absolute Gasteiger partial charge is 0.270 e. The Morgan fingerprint density at radius 2 is 2.04 bits per heavy atom. The third kappa shape index (κ3) is 3.88. The lowest BCUT2D eigenvalue weighted by Crippen LogP contribution is -1.91. The number of nitrogens with one attached hydrogen (secondary N) is 1. The molecular formula is C18H12N4O2S. The fraction of sp³-hybridized carbons (Fsp3) is 0. The minimum atomic E-state index is -0.443. The van der Waals surface area contributed by atoms with E-state index < -0.39 is 4.92 Å². The van der Waals surface area contributed by atoms with Gasteiger partial charge in [0, 0.05) is 35.0 Å². The van der Waals surface area contributed by atoms with E-state index in [-0.39, 0.29) is 5.69 Å². The van der Waals surface area contributed by atoms with Crippen LogP contribution in [0.1, 0.15) is 5.01 Å². The van der Waals surface area contributed by atoms with Crippen molar-refractivity contribution in [2.45, 2.75) is 0 Å². The van der Waals surface area contributed by atoms with Gasteiger partial charge < -0.3 is 5.32 Å². The molecule has 0 bridgehead atoms. The lowest BCUT2D eigenvalue weighted by atomic mass is 10.1. The average molecular weight is 348 g/mol. The van der Waals surface area contributed by atoms with Crippen LogP contribution in [0.3, 0.4) is 0 Å². The predicted molar refractivity (Wildman–Crippen MR) is 97.9 cm³/mol. The molecule has 3 rings (SSSR count). The largest absolute Gasteiger partial charge is 0.360 e. The van der Waals surface area contributed by atoms with Crippen LogP contribution < -0.4 is 5.32 Å². The van der Waals surface area contributed by atoms with Crippen LogP contribution in [-0.4, -0.2) is 9.91 Å². The molecule has 0 aliphatic carbocycles. The molecule has 1 N–H and O–H groups in total. The Morgan fingerprint density at radius 3 is 2.76 bits per heavy atom. The van der Waals surface area contributed by atoms with Gasteiger partial charge in [0.25, 0.3) is 5.69 Å². The van der Waals surface area contributed by atoms with Crippen LogP contribution >= 0.6 is 11.3 Å². The number of hydrogen-bond acceptors (Lipinski definition) is 6. The maximum Gasteiger partial charge on any atom is 0.270 e. The van der Waals surface area contributed by atoms with Crippen molar-refractivity contribution in [3.8, 4) is 17.3 Å². The normalized spacial score (nSPS) is 10.9. The third-order valence-electron chi connectivity index (χ3n) is 3.36. The number of nitriles is 1. The fourth-order valence-electron chi connectivity index (χ4n) is 2.14. The topological polar surface area (TPSA) is 91.8 Å². The Bertz CT molecular complexity index is 974. The second-order valence-electron chi connectivity index (χ2n) is 5.03. The van der Waals surface area contributed by atoms with Crippen LogP contribution in [0.5, 0.6) is 0 Å². The summed E-state index contributed by atoms with van der Waals surface area (Å²) in [5, 5.41) is 25.7. The van der Waals surface area contributed by atoms with Crippen LogP contribution in [0.4, 0.5) is 11.4 Å². The molecule has 0 spiro atoms. The molecule has 2 aromatic carbocycles. The summed E-state index contributed by atoms with van der Waals surface area (Å²) in [5.74, 6) is 0. The third-order valence-corrected chi connectivity index (χ3v) is 4.24. The van der Waals surface area contributed by atoms with Crippen LogP contribution in [0.15, 0.2) is 66.2 Å². The predicted octanol–water partition coefficient (Wildman–Crippen LogP) is 4.69. The number of non-ortho nitro benzene ring substituents is 1. The maximum absolute atomic E-state index is 10.9. The summed E-state index contributed by atoms with van der Waals surface area (Å²) >= 11 is 1.31. The Balaban J connectivity index is 1.85. The van der Waals surface area contributed by atoms with Gasteiger partial charge in [0.1, 0.15) is 16.6 Å². The molecule has 0 amide bonds. The molecule has 0 unspecified atom stereocenters. The van der Waals surface area contributed by atoms with Gasteiger partial charge in [-0.15, -0.1) is 11.3 Å². The Labute approximate surface area is 147 Å². The fourth-order valence-corrected chi connectivity index (χ4v) is 2.94. The van der Waals surface area contributed by atoms with Crippen molar-refractivity contribution in [1.82, 2.24) is 4.98 Å². The van der Waals surface area contributed by atoms with E-state index in [0.29, 0.717) is 21.8 Å². The molecule has 1 heterocycles. The number of hydrogen-bond donors (Lipinski definition) is 1. The van der Waals surface area contributed by atoms with E-state index >= 15 is 0 Å². The molecule has 0 radical (unpaired) electrons. The van der Waals surface area contributed by atoms with Gasteiger partial charge in [0.2, 0.25) is 0 Å². The van der Waals surface area contributed by atoms with E-state index in [0.717, 1.165) is 5.69 Å². The standard InChI is InChI=1S/C18H12N4O2S/c19-10-14(11-20-15-6-2-1-3-7-15)18-21-17(12-25-18)13-5-4-8-16(9-13)22(23)24/h1-9,11-12,20H/b14-11-. The highest BCUT2D eigenvalue weighted by molar-refractivity contribution is 7.11. The van der Waals surface area contributed by atoms with Gasteiger partial charge in [-0.3, -0.25) is 10.1 Å². The van der Waals surface area contributed by atoms with E-state index in [9.17, 15) is 15.4 Å². The summed E-state index contributed by atoms with van der Waals surface area (Å²) in [6, 6.07) is 17.9. The molecule has 0 aliphatic rings. The number of thiazole rings is 1. The summed E-state index contributed by atoms with van der Waals surface area (Å²) in [6.07, 6.45) is 1.60. The van der Waals surface area contributed by atoms with E-state index in [1.54, 1.807) is 23.7 Å². The van der Waals surface area contributed by atoms with Crippen molar-refractivity contribution in [2.75, 3.05) is 5.32 Å². The Hall–Kier alpha value is -3.50. The highest BCUT2D eigenvalue weighted by atomic mass is 32.1. The summed E-state index contributed by atoms with van der Waals surface area (Å²) in [6.45, 7) is 0. The number of benzene rings is 2. The second-order valence-corrected chi connectivity index (χ2v) is 5.88. The summed E-state index contributed by atoms with van der Waals surface area (Å²) in [4.78, 5) is 14.9. The zero-order valence-electron chi connectivity index (χ0n) is 12.9. The minimum Gasteiger partial charge on any atom is -0.360 e. The molecular weight excluding hydrogens is 336 g/mol. The maximum atomic E-state index is 10.9. The van der Waals surface area contributed by atoms with Gasteiger partial charge in [-0.2, -0.15) is 5.26 Å². The number of nitro benzene ring substituents is 1. The lowest BCUT2D eigenvalue weighted by molar-refractivity contribution is -0.384. The van der Waals surface area contributed by atoms with E-state index in [4.69, 9.17) is 0 Å². The molecule has 0 saturated carbocycles. The summed E-state index contributed by atoms with van der Waals surface area (Å²) in [5.41, 5.74) is 2.51. The van der Waals surface area contributed by atoms with Crippen molar-refractivity contribution in [3.63, 3.8) is 0 Å².